The van der Waals surface area contributed by atoms with E-state index in [1.54, 1.807) is 27.5 Å². The lowest BCUT2D eigenvalue weighted by Gasteiger charge is -2.06. The Morgan fingerprint density at radius 3 is 3.00 bits per heavy atom. The molecule has 8 heteroatoms. The van der Waals surface area contributed by atoms with E-state index in [0.29, 0.717) is 11.4 Å². The number of hydrogen-bond acceptors (Lipinski definition) is 6. The summed E-state index contributed by atoms with van der Waals surface area (Å²) >= 11 is 1.52. The standard InChI is InChI=1S/C16H14N6OS/c1-10-4-3-5-22-13(23)6-11(20-14(10)22)8-24-16-12-7-19-21(2)15(12)17-9-18-16/h3-7,9H,8H2,1-2H3. The van der Waals surface area contributed by atoms with E-state index in [9.17, 15) is 4.79 Å². The molecule has 0 fully saturated rings. The first-order valence-electron chi connectivity index (χ1n) is 7.37. The van der Waals surface area contributed by atoms with Gasteiger partial charge in [-0.1, -0.05) is 17.8 Å². The lowest BCUT2D eigenvalue weighted by Crippen LogP contribution is -2.15. The second-order valence-corrected chi connectivity index (χ2v) is 6.41. The predicted molar refractivity (Wildman–Crippen MR) is 92.1 cm³/mol. The van der Waals surface area contributed by atoms with Crippen LogP contribution in [-0.2, 0) is 12.8 Å². The summed E-state index contributed by atoms with van der Waals surface area (Å²) in [6, 6.07) is 5.36. The summed E-state index contributed by atoms with van der Waals surface area (Å²) in [5.74, 6) is 0.557. The summed E-state index contributed by atoms with van der Waals surface area (Å²) in [6.07, 6.45) is 5.02. The van der Waals surface area contributed by atoms with Gasteiger partial charge in [0.2, 0.25) is 0 Å². The molecule has 0 aliphatic heterocycles. The van der Waals surface area contributed by atoms with Crippen LogP contribution in [-0.4, -0.2) is 29.1 Å². The molecule has 0 saturated heterocycles. The quantitative estimate of drug-likeness (QED) is 0.420. The second-order valence-electron chi connectivity index (χ2n) is 5.44. The molecule has 0 N–H and O–H groups in total. The summed E-state index contributed by atoms with van der Waals surface area (Å²) in [5.41, 5.74) is 3.10. The van der Waals surface area contributed by atoms with Crippen molar-refractivity contribution in [3.8, 4) is 0 Å². The van der Waals surface area contributed by atoms with Gasteiger partial charge in [0.05, 0.1) is 17.3 Å². The molecule has 120 valence electrons. The predicted octanol–water partition coefficient (Wildman–Crippen LogP) is 1.97. The van der Waals surface area contributed by atoms with E-state index in [-0.39, 0.29) is 5.56 Å². The first-order chi connectivity index (χ1) is 11.6. The van der Waals surface area contributed by atoms with E-state index in [1.165, 1.54) is 18.1 Å². The maximum atomic E-state index is 12.3. The minimum atomic E-state index is -0.0755. The second kappa shape index (κ2) is 5.72. The largest absolute Gasteiger partial charge is 0.269 e. The zero-order valence-corrected chi connectivity index (χ0v) is 14.0. The summed E-state index contributed by atoms with van der Waals surface area (Å²) in [6.45, 7) is 1.95. The maximum absolute atomic E-state index is 12.3. The Morgan fingerprint density at radius 2 is 2.12 bits per heavy atom. The number of aryl methyl sites for hydroxylation is 2. The topological polar surface area (TPSA) is 78.0 Å². The Labute approximate surface area is 141 Å². The van der Waals surface area contributed by atoms with Crippen LogP contribution in [0.1, 0.15) is 11.3 Å². The van der Waals surface area contributed by atoms with Crippen molar-refractivity contribution in [2.45, 2.75) is 17.7 Å². The fourth-order valence-corrected chi connectivity index (χ4v) is 3.43. The van der Waals surface area contributed by atoms with Crippen LogP contribution < -0.4 is 5.56 Å². The Balaban J connectivity index is 1.69. The molecule has 0 radical (unpaired) electrons. The van der Waals surface area contributed by atoms with Gasteiger partial charge in [0, 0.05) is 25.1 Å². The number of fused-ring (bicyclic) bond motifs is 2. The van der Waals surface area contributed by atoms with E-state index in [4.69, 9.17) is 0 Å². The minimum absolute atomic E-state index is 0.0755. The highest BCUT2D eigenvalue weighted by Crippen LogP contribution is 2.26. The highest BCUT2D eigenvalue weighted by molar-refractivity contribution is 7.98. The first kappa shape index (κ1) is 14.8. The zero-order valence-electron chi connectivity index (χ0n) is 13.2. The molecular weight excluding hydrogens is 324 g/mol. The molecule has 4 aromatic heterocycles. The smallest absolute Gasteiger partial charge is 0.258 e. The Hall–Kier alpha value is -2.74. The lowest BCUT2D eigenvalue weighted by molar-refractivity contribution is 0.784. The average Bonchev–Trinajstić information content (AvgIpc) is 2.96. The molecule has 0 aliphatic carbocycles. The maximum Gasteiger partial charge on any atom is 0.258 e. The molecule has 0 saturated carbocycles. The third-order valence-corrected chi connectivity index (χ3v) is 4.83. The van der Waals surface area contributed by atoms with Gasteiger partial charge in [0.25, 0.3) is 5.56 Å². The van der Waals surface area contributed by atoms with Crippen molar-refractivity contribution in [2.75, 3.05) is 0 Å². The Morgan fingerprint density at radius 1 is 1.25 bits per heavy atom. The lowest BCUT2D eigenvalue weighted by atomic mass is 10.3. The molecule has 4 rings (SSSR count). The van der Waals surface area contributed by atoms with Crippen LogP contribution in [0.15, 0.2) is 46.7 Å². The van der Waals surface area contributed by atoms with Gasteiger partial charge in [-0.3, -0.25) is 13.9 Å². The van der Waals surface area contributed by atoms with Crippen molar-refractivity contribution >= 4 is 28.4 Å². The van der Waals surface area contributed by atoms with E-state index in [2.05, 4.69) is 20.1 Å². The van der Waals surface area contributed by atoms with E-state index in [0.717, 1.165) is 27.3 Å². The normalized spacial score (nSPS) is 11.4. The van der Waals surface area contributed by atoms with E-state index < -0.39 is 0 Å². The van der Waals surface area contributed by atoms with Crippen molar-refractivity contribution in [3.05, 3.63) is 58.5 Å². The molecule has 4 heterocycles. The summed E-state index contributed by atoms with van der Waals surface area (Å²) in [4.78, 5) is 25.4. The molecule has 7 nitrogen and oxygen atoms in total. The average molecular weight is 338 g/mol. The van der Waals surface area contributed by atoms with Crippen LogP contribution >= 0.6 is 11.8 Å². The third-order valence-electron chi connectivity index (χ3n) is 3.79. The Kier molecular flexibility index (Phi) is 3.53. The molecule has 0 aliphatic rings. The number of pyridine rings is 1. The van der Waals surface area contributed by atoms with Crippen molar-refractivity contribution in [1.82, 2.24) is 29.1 Å². The number of rotatable bonds is 3. The summed E-state index contributed by atoms with van der Waals surface area (Å²) in [7, 11) is 1.85. The minimum Gasteiger partial charge on any atom is -0.269 e. The highest BCUT2D eigenvalue weighted by Gasteiger charge is 2.10. The van der Waals surface area contributed by atoms with Crippen molar-refractivity contribution in [3.63, 3.8) is 0 Å². The summed E-state index contributed by atoms with van der Waals surface area (Å²) < 4.78 is 3.28. The van der Waals surface area contributed by atoms with Crippen LogP contribution in [0.5, 0.6) is 0 Å². The van der Waals surface area contributed by atoms with E-state index in [1.807, 2.05) is 26.1 Å². The molecule has 4 aromatic rings. The third kappa shape index (κ3) is 2.44. The first-order valence-corrected chi connectivity index (χ1v) is 8.35. The van der Waals surface area contributed by atoms with Gasteiger partial charge in [-0.05, 0) is 18.6 Å². The SMILES string of the molecule is Cc1cccn2c(=O)cc(CSc3ncnc4c3cnn4C)nc12. The van der Waals surface area contributed by atoms with Gasteiger partial charge >= 0.3 is 0 Å². The number of nitrogens with zero attached hydrogens (tertiary/aromatic N) is 6. The molecule has 0 aromatic carbocycles. The highest BCUT2D eigenvalue weighted by atomic mass is 32.2. The Bertz CT molecular complexity index is 1120. The van der Waals surface area contributed by atoms with Crippen LogP contribution in [0, 0.1) is 6.92 Å². The van der Waals surface area contributed by atoms with Crippen LogP contribution in [0.3, 0.4) is 0 Å². The van der Waals surface area contributed by atoms with Gasteiger partial charge in [0.15, 0.2) is 5.65 Å². The fraction of sp³-hybridized carbons (Fsp3) is 0.188. The molecule has 0 bridgehead atoms. The molecule has 0 amide bonds. The molecule has 24 heavy (non-hydrogen) atoms. The van der Waals surface area contributed by atoms with Crippen molar-refractivity contribution < 1.29 is 0 Å². The fourth-order valence-electron chi connectivity index (χ4n) is 2.58. The molecule has 0 unspecified atom stereocenters. The monoisotopic (exact) mass is 338 g/mol. The van der Waals surface area contributed by atoms with E-state index >= 15 is 0 Å². The number of aromatic nitrogens is 6. The molecular formula is C16H14N6OS. The zero-order chi connectivity index (χ0) is 16.7. The van der Waals surface area contributed by atoms with Gasteiger partial charge in [-0.15, -0.1) is 0 Å². The summed E-state index contributed by atoms with van der Waals surface area (Å²) in [5, 5.41) is 5.94. The van der Waals surface area contributed by atoms with Gasteiger partial charge in [0.1, 0.15) is 17.0 Å². The van der Waals surface area contributed by atoms with Crippen LogP contribution in [0.25, 0.3) is 16.7 Å². The van der Waals surface area contributed by atoms with Gasteiger partial charge < -0.3 is 0 Å². The number of thioether (sulfide) groups is 1. The molecule has 0 atom stereocenters. The van der Waals surface area contributed by atoms with Gasteiger partial charge in [-0.25, -0.2) is 15.0 Å². The number of hydrogen-bond donors (Lipinski definition) is 0. The molecule has 0 spiro atoms. The van der Waals surface area contributed by atoms with Crippen LogP contribution in [0.2, 0.25) is 0 Å². The van der Waals surface area contributed by atoms with Crippen LogP contribution in [0.4, 0.5) is 0 Å². The van der Waals surface area contributed by atoms with Crippen molar-refractivity contribution in [1.29, 1.82) is 0 Å². The van der Waals surface area contributed by atoms with Gasteiger partial charge in [-0.2, -0.15) is 5.10 Å². The van der Waals surface area contributed by atoms with Crippen molar-refractivity contribution in [2.24, 2.45) is 7.05 Å².